The number of carbonyl (C=O) groups is 2. The van der Waals surface area contributed by atoms with Gasteiger partial charge in [-0.1, -0.05) is 26.8 Å². The van der Waals surface area contributed by atoms with Crippen LogP contribution in [-0.4, -0.2) is 28.6 Å². The van der Waals surface area contributed by atoms with Gasteiger partial charge >= 0.3 is 5.97 Å². The molecule has 5 heteroatoms. The van der Waals surface area contributed by atoms with Crippen molar-refractivity contribution in [1.29, 1.82) is 0 Å². The van der Waals surface area contributed by atoms with Crippen LogP contribution in [0.1, 0.15) is 43.1 Å². The molecule has 1 aromatic carbocycles. The molecule has 3 N–H and O–H groups in total. The molecule has 1 rings (SSSR count). The SMILES string of the molecule is Cc1ccc(C(=O)NCC(CC(C)(C)C)C(=O)O)c(O)c1. The zero-order valence-corrected chi connectivity index (χ0v) is 12.9. The third kappa shape index (κ3) is 5.45. The number of amides is 1. The van der Waals surface area contributed by atoms with Crippen LogP contribution in [0.15, 0.2) is 18.2 Å². The van der Waals surface area contributed by atoms with E-state index in [4.69, 9.17) is 0 Å². The van der Waals surface area contributed by atoms with Crippen LogP contribution in [0.4, 0.5) is 0 Å². The van der Waals surface area contributed by atoms with E-state index in [0.717, 1.165) is 5.56 Å². The maximum Gasteiger partial charge on any atom is 0.308 e. The first-order valence-corrected chi connectivity index (χ1v) is 6.91. The fraction of sp³-hybridized carbons (Fsp3) is 0.500. The van der Waals surface area contributed by atoms with E-state index >= 15 is 0 Å². The van der Waals surface area contributed by atoms with Gasteiger partial charge in [-0.3, -0.25) is 9.59 Å². The maximum atomic E-state index is 12.0. The molecule has 0 aromatic heterocycles. The lowest BCUT2D eigenvalue weighted by molar-refractivity contribution is -0.142. The molecule has 0 aliphatic carbocycles. The second kappa shape index (κ2) is 6.61. The number of hydrogen-bond donors (Lipinski definition) is 3. The highest BCUT2D eigenvalue weighted by molar-refractivity contribution is 5.97. The smallest absolute Gasteiger partial charge is 0.308 e. The molecule has 1 aromatic rings. The fourth-order valence-electron chi connectivity index (χ4n) is 2.13. The molecule has 0 spiro atoms. The molecular weight excluding hydrogens is 270 g/mol. The summed E-state index contributed by atoms with van der Waals surface area (Å²) in [6.07, 6.45) is 0.461. The number of aliphatic carboxylic acids is 1. The summed E-state index contributed by atoms with van der Waals surface area (Å²) in [6, 6.07) is 4.75. The van der Waals surface area contributed by atoms with Crippen LogP contribution in [0.25, 0.3) is 0 Å². The van der Waals surface area contributed by atoms with E-state index in [2.05, 4.69) is 5.32 Å². The van der Waals surface area contributed by atoms with E-state index in [-0.39, 0.29) is 23.3 Å². The quantitative estimate of drug-likeness (QED) is 0.778. The Balaban J connectivity index is 2.71. The van der Waals surface area contributed by atoms with Gasteiger partial charge in [0.15, 0.2) is 0 Å². The number of aryl methyl sites for hydroxylation is 1. The Morgan fingerprint density at radius 2 is 1.90 bits per heavy atom. The summed E-state index contributed by atoms with van der Waals surface area (Å²) in [4.78, 5) is 23.2. The van der Waals surface area contributed by atoms with Gasteiger partial charge in [0.2, 0.25) is 0 Å². The van der Waals surface area contributed by atoms with E-state index in [1.165, 1.54) is 12.1 Å². The van der Waals surface area contributed by atoms with E-state index < -0.39 is 17.8 Å². The topological polar surface area (TPSA) is 86.6 Å². The molecule has 0 fully saturated rings. The molecule has 0 radical (unpaired) electrons. The average molecular weight is 293 g/mol. The van der Waals surface area contributed by atoms with E-state index in [1.54, 1.807) is 6.07 Å². The zero-order valence-electron chi connectivity index (χ0n) is 12.9. The van der Waals surface area contributed by atoms with E-state index in [9.17, 15) is 19.8 Å². The number of carboxylic acids is 1. The van der Waals surface area contributed by atoms with Crippen LogP contribution in [-0.2, 0) is 4.79 Å². The normalized spacial score (nSPS) is 12.8. The fourth-order valence-corrected chi connectivity index (χ4v) is 2.13. The maximum absolute atomic E-state index is 12.0. The van der Waals surface area contributed by atoms with Gasteiger partial charge < -0.3 is 15.5 Å². The Morgan fingerprint density at radius 3 is 2.38 bits per heavy atom. The molecule has 1 atom stereocenters. The van der Waals surface area contributed by atoms with Gasteiger partial charge in [0, 0.05) is 6.54 Å². The van der Waals surface area contributed by atoms with Crippen LogP contribution in [0.2, 0.25) is 0 Å². The molecular formula is C16H23NO4. The molecule has 116 valence electrons. The molecule has 1 unspecified atom stereocenters. The molecule has 21 heavy (non-hydrogen) atoms. The van der Waals surface area contributed by atoms with Gasteiger partial charge in [0.25, 0.3) is 5.91 Å². The molecule has 0 heterocycles. The van der Waals surface area contributed by atoms with Crippen molar-refractivity contribution >= 4 is 11.9 Å². The third-order valence-corrected chi connectivity index (χ3v) is 3.11. The van der Waals surface area contributed by atoms with Crippen molar-refractivity contribution in [2.24, 2.45) is 11.3 Å². The monoisotopic (exact) mass is 293 g/mol. The molecule has 1 amide bonds. The van der Waals surface area contributed by atoms with Gasteiger partial charge in [-0.25, -0.2) is 0 Å². The van der Waals surface area contributed by atoms with Crippen molar-refractivity contribution in [3.05, 3.63) is 29.3 Å². The molecule has 0 saturated heterocycles. The van der Waals surface area contributed by atoms with Crippen molar-refractivity contribution in [2.45, 2.75) is 34.1 Å². The molecule has 0 saturated carbocycles. The minimum Gasteiger partial charge on any atom is -0.507 e. The Morgan fingerprint density at radius 1 is 1.29 bits per heavy atom. The number of phenols is 1. The highest BCUT2D eigenvalue weighted by Crippen LogP contribution is 2.24. The van der Waals surface area contributed by atoms with Crippen molar-refractivity contribution in [3.63, 3.8) is 0 Å². The van der Waals surface area contributed by atoms with E-state index in [1.807, 2.05) is 27.7 Å². The van der Waals surface area contributed by atoms with E-state index in [0.29, 0.717) is 6.42 Å². The second-order valence-electron chi connectivity index (χ2n) is 6.53. The molecule has 5 nitrogen and oxygen atoms in total. The van der Waals surface area contributed by atoms with Gasteiger partial charge in [0.1, 0.15) is 5.75 Å². The number of phenolic OH excluding ortho intramolecular Hbond substituents is 1. The van der Waals surface area contributed by atoms with Gasteiger partial charge in [-0.05, 0) is 36.5 Å². The first kappa shape index (κ1) is 17.0. The van der Waals surface area contributed by atoms with Crippen molar-refractivity contribution in [1.82, 2.24) is 5.32 Å². The van der Waals surface area contributed by atoms with Crippen molar-refractivity contribution in [2.75, 3.05) is 6.54 Å². The number of carboxylic acid groups (broad SMARTS) is 1. The average Bonchev–Trinajstić information content (AvgIpc) is 2.32. The second-order valence-corrected chi connectivity index (χ2v) is 6.53. The minimum absolute atomic E-state index is 0.0404. The highest BCUT2D eigenvalue weighted by atomic mass is 16.4. The van der Waals surface area contributed by atoms with Gasteiger partial charge in [-0.2, -0.15) is 0 Å². The Kier molecular flexibility index (Phi) is 5.35. The summed E-state index contributed by atoms with van der Waals surface area (Å²) in [5, 5.41) is 21.5. The lowest BCUT2D eigenvalue weighted by Crippen LogP contribution is -2.35. The summed E-state index contributed by atoms with van der Waals surface area (Å²) in [6.45, 7) is 7.72. The first-order chi connectivity index (χ1) is 9.60. The summed E-state index contributed by atoms with van der Waals surface area (Å²) in [7, 11) is 0. The lowest BCUT2D eigenvalue weighted by Gasteiger charge is -2.23. The van der Waals surface area contributed by atoms with Crippen molar-refractivity contribution in [3.8, 4) is 5.75 Å². The van der Waals surface area contributed by atoms with Crippen LogP contribution < -0.4 is 5.32 Å². The summed E-state index contributed by atoms with van der Waals surface area (Å²) >= 11 is 0. The standard InChI is InChI=1S/C16H23NO4/c1-10-5-6-12(13(18)7-10)14(19)17-9-11(15(20)21)8-16(2,3)4/h5-7,11,18H,8-9H2,1-4H3,(H,17,19)(H,20,21). The predicted octanol–water partition coefficient (Wildman–Crippen LogP) is 2.57. The Hall–Kier alpha value is -2.04. The number of nitrogens with one attached hydrogen (secondary N) is 1. The minimum atomic E-state index is -0.932. The number of hydrogen-bond acceptors (Lipinski definition) is 3. The van der Waals surface area contributed by atoms with Crippen molar-refractivity contribution < 1.29 is 19.8 Å². The Bertz CT molecular complexity index is 532. The molecule has 0 bridgehead atoms. The molecule has 0 aliphatic rings. The van der Waals surface area contributed by atoms with Crippen LogP contribution in [0.3, 0.4) is 0 Å². The van der Waals surface area contributed by atoms with Crippen LogP contribution in [0.5, 0.6) is 5.75 Å². The van der Waals surface area contributed by atoms with Gasteiger partial charge in [-0.15, -0.1) is 0 Å². The number of benzene rings is 1. The highest BCUT2D eigenvalue weighted by Gasteiger charge is 2.25. The largest absolute Gasteiger partial charge is 0.507 e. The molecule has 0 aliphatic heterocycles. The zero-order chi connectivity index (χ0) is 16.2. The third-order valence-electron chi connectivity index (χ3n) is 3.11. The predicted molar refractivity (Wildman–Crippen MR) is 80.4 cm³/mol. The summed E-state index contributed by atoms with van der Waals surface area (Å²) in [5.74, 6) is -2.15. The Labute approximate surface area is 125 Å². The van der Waals surface area contributed by atoms with Gasteiger partial charge in [0.05, 0.1) is 11.5 Å². The first-order valence-electron chi connectivity index (χ1n) is 6.91. The van der Waals surface area contributed by atoms with Crippen LogP contribution in [0, 0.1) is 18.3 Å². The lowest BCUT2D eigenvalue weighted by atomic mass is 9.84. The summed E-state index contributed by atoms with van der Waals surface area (Å²) in [5.41, 5.74) is 0.862. The number of aromatic hydroxyl groups is 1. The number of rotatable bonds is 5. The number of carbonyl (C=O) groups excluding carboxylic acids is 1. The van der Waals surface area contributed by atoms with Crippen LogP contribution >= 0.6 is 0 Å². The summed E-state index contributed by atoms with van der Waals surface area (Å²) < 4.78 is 0.